The highest BCUT2D eigenvalue weighted by Gasteiger charge is 2.05. The van der Waals surface area contributed by atoms with E-state index in [1.54, 1.807) is 12.1 Å². The second-order valence-electron chi connectivity index (χ2n) is 4.52. The maximum atomic E-state index is 11.3. The molecular formula is C13H17N3O2S2. The van der Waals surface area contributed by atoms with Gasteiger partial charge in [-0.3, -0.25) is 0 Å². The van der Waals surface area contributed by atoms with Crippen LogP contribution in [0.4, 0.5) is 5.13 Å². The lowest BCUT2D eigenvalue weighted by Crippen LogP contribution is -2.16. The van der Waals surface area contributed by atoms with Crippen LogP contribution in [0.5, 0.6) is 0 Å². The van der Waals surface area contributed by atoms with Gasteiger partial charge in [-0.15, -0.1) is 11.3 Å². The van der Waals surface area contributed by atoms with Crippen LogP contribution >= 0.6 is 11.3 Å². The van der Waals surface area contributed by atoms with Gasteiger partial charge >= 0.3 is 0 Å². The van der Waals surface area contributed by atoms with Crippen molar-refractivity contribution in [2.24, 2.45) is 0 Å². The van der Waals surface area contributed by atoms with E-state index in [9.17, 15) is 8.42 Å². The molecule has 0 spiro atoms. The van der Waals surface area contributed by atoms with Crippen molar-refractivity contribution >= 4 is 26.3 Å². The third-order valence-corrected chi connectivity index (χ3v) is 4.66. The molecule has 0 radical (unpaired) electrons. The molecule has 0 unspecified atom stereocenters. The van der Waals surface area contributed by atoms with E-state index in [4.69, 9.17) is 5.73 Å². The molecule has 0 atom stereocenters. The fourth-order valence-electron chi connectivity index (χ4n) is 1.74. The van der Waals surface area contributed by atoms with Crippen LogP contribution in [0.15, 0.2) is 34.5 Å². The number of benzene rings is 1. The maximum Gasteiger partial charge on any atom is 0.180 e. The number of nitrogen functional groups attached to an aromatic ring is 1. The quantitative estimate of drug-likeness (QED) is 0.789. The highest BCUT2D eigenvalue weighted by molar-refractivity contribution is 7.90. The van der Waals surface area contributed by atoms with Gasteiger partial charge in [0, 0.05) is 31.1 Å². The lowest BCUT2D eigenvalue weighted by molar-refractivity contribution is 0.601. The Morgan fingerprint density at radius 2 is 2.00 bits per heavy atom. The lowest BCUT2D eigenvalue weighted by Gasteiger charge is -2.05. The molecule has 20 heavy (non-hydrogen) atoms. The van der Waals surface area contributed by atoms with Crippen molar-refractivity contribution in [1.29, 1.82) is 0 Å². The summed E-state index contributed by atoms with van der Waals surface area (Å²) in [5.74, 6) is 0. The molecule has 0 aliphatic rings. The first-order chi connectivity index (χ1) is 9.45. The summed E-state index contributed by atoms with van der Waals surface area (Å²) in [6, 6.07) is 6.91. The second kappa shape index (κ2) is 6.34. The number of hydrogen-bond donors (Lipinski definition) is 2. The predicted octanol–water partition coefficient (Wildman–Crippen LogP) is 1.46. The average molecular weight is 311 g/mol. The fourth-order valence-corrected chi connectivity index (χ4v) is 2.97. The van der Waals surface area contributed by atoms with Gasteiger partial charge in [-0.1, -0.05) is 12.1 Å². The first kappa shape index (κ1) is 15.0. The van der Waals surface area contributed by atoms with E-state index in [1.165, 1.54) is 17.6 Å². The number of aromatic nitrogens is 1. The van der Waals surface area contributed by atoms with Gasteiger partial charge in [-0.05, 0) is 17.7 Å². The summed E-state index contributed by atoms with van der Waals surface area (Å²) in [5, 5.41) is 5.84. The van der Waals surface area contributed by atoms with Crippen LogP contribution in [0, 0.1) is 0 Å². The zero-order valence-corrected chi connectivity index (χ0v) is 12.8. The minimum atomic E-state index is -3.12. The van der Waals surface area contributed by atoms with E-state index in [1.807, 2.05) is 17.5 Å². The van der Waals surface area contributed by atoms with Crippen LogP contribution in [0.2, 0.25) is 0 Å². The second-order valence-corrected chi connectivity index (χ2v) is 7.43. The number of nitrogens with zero attached hydrogens (tertiary/aromatic N) is 1. The summed E-state index contributed by atoms with van der Waals surface area (Å²) >= 11 is 1.44. The molecule has 5 nitrogen and oxygen atoms in total. The number of nitrogens with one attached hydrogen (secondary N) is 1. The van der Waals surface area contributed by atoms with Crippen molar-refractivity contribution in [3.8, 4) is 0 Å². The first-order valence-corrected chi connectivity index (χ1v) is 8.92. The Bertz CT molecular complexity index is 663. The lowest BCUT2D eigenvalue weighted by atomic mass is 10.2. The molecule has 2 rings (SSSR count). The van der Waals surface area contributed by atoms with Gasteiger partial charge in [0.1, 0.15) is 0 Å². The summed E-state index contributed by atoms with van der Waals surface area (Å²) in [4.78, 5) is 4.53. The summed E-state index contributed by atoms with van der Waals surface area (Å²) in [6.45, 7) is 1.50. The van der Waals surface area contributed by atoms with Crippen LogP contribution in [-0.2, 0) is 22.8 Å². The highest BCUT2D eigenvalue weighted by atomic mass is 32.2. The van der Waals surface area contributed by atoms with Crippen molar-refractivity contribution in [1.82, 2.24) is 10.3 Å². The van der Waals surface area contributed by atoms with Crippen LogP contribution in [0.25, 0.3) is 0 Å². The van der Waals surface area contributed by atoms with E-state index in [-0.39, 0.29) is 0 Å². The standard InChI is InChI=1S/C13H17N3O2S2/c1-20(17,18)12-4-2-10(3-5-12)8-15-7-6-11-9-19-13(14)16-11/h2-5,9,15H,6-8H2,1H3,(H2,14,16). The number of hydrogen-bond acceptors (Lipinski definition) is 6. The number of rotatable bonds is 6. The molecule has 0 saturated heterocycles. The zero-order chi connectivity index (χ0) is 14.6. The molecule has 0 fully saturated rings. The van der Waals surface area contributed by atoms with E-state index in [0.717, 1.165) is 24.2 Å². The van der Waals surface area contributed by atoms with Gasteiger partial charge < -0.3 is 11.1 Å². The Morgan fingerprint density at radius 1 is 1.30 bits per heavy atom. The topological polar surface area (TPSA) is 85.1 Å². The van der Waals surface area contributed by atoms with Crippen molar-refractivity contribution in [3.05, 3.63) is 40.9 Å². The molecule has 0 amide bonds. The molecule has 0 saturated carbocycles. The van der Waals surface area contributed by atoms with Crippen molar-refractivity contribution in [2.75, 3.05) is 18.5 Å². The number of thiazole rings is 1. The number of anilines is 1. The van der Waals surface area contributed by atoms with Crippen molar-refractivity contribution in [3.63, 3.8) is 0 Å². The number of nitrogens with two attached hydrogens (primary N) is 1. The van der Waals surface area contributed by atoms with Gasteiger partial charge in [0.15, 0.2) is 15.0 Å². The van der Waals surface area contributed by atoms with Gasteiger partial charge in [0.2, 0.25) is 0 Å². The zero-order valence-electron chi connectivity index (χ0n) is 11.2. The van der Waals surface area contributed by atoms with Crippen molar-refractivity contribution < 1.29 is 8.42 Å². The Labute approximate surface area is 122 Å². The Morgan fingerprint density at radius 3 is 2.55 bits per heavy atom. The van der Waals surface area contributed by atoms with Gasteiger partial charge in [0.05, 0.1) is 10.6 Å². The molecule has 2 aromatic rings. The molecule has 3 N–H and O–H groups in total. The van der Waals surface area contributed by atoms with E-state index in [2.05, 4.69) is 10.3 Å². The Hall–Kier alpha value is -1.44. The fraction of sp³-hybridized carbons (Fsp3) is 0.308. The Kier molecular flexibility index (Phi) is 4.74. The first-order valence-electron chi connectivity index (χ1n) is 6.15. The maximum absolute atomic E-state index is 11.3. The summed E-state index contributed by atoms with van der Waals surface area (Å²) in [5.41, 5.74) is 7.61. The van der Waals surface area contributed by atoms with Crippen LogP contribution in [0.1, 0.15) is 11.3 Å². The molecule has 108 valence electrons. The van der Waals surface area contributed by atoms with Crippen LogP contribution in [0.3, 0.4) is 0 Å². The van der Waals surface area contributed by atoms with Crippen LogP contribution < -0.4 is 11.1 Å². The predicted molar refractivity (Wildman–Crippen MR) is 81.5 cm³/mol. The molecule has 0 aliphatic carbocycles. The summed E-state index contributed by atoms with van der Waals surface area (Å²) in [6.07, 6.45) is 2.04. The van der Waals surface area contributed by atoms with E-state index >= 15 is 0 Å². The summed E-state index contributed by atoms with van der Waals surface area (Å²) < 4.78 is 22.7. The molecule has 1 aromatic carbocycles. The average Bonchev–Trinajstić information content (AvgIpc) is 2.80. The van der Waals surface area contributed by atoms with E-state index in [0.29, 0.717) is 16.6 Å². The van der Waals surface area contributed by atoms with Crippen LogP contribution in [-0.4, -0.2) is 26.2 Å². The minimum absolute atomic E-state index is 0.346. The SMILES string of the molecule is CS(=O)(=O)c1ccc(CNCCc2csc(N)n2)cc1. The molecule has 1 aromatic heterocycles. The monoisotopic (exact) mass is 311 g/mol. The molecule has 0 bridgehead atoms. The number of sulfone groups is 1. The van der Waals surface area contributed by atoms with Crippen molar-refractivity contribution in [2.45, 2.75) is 17.9 Å². The van der Waals surface area contributed by atoms with Gasteiger partial charge in [-0.25, -0.2) is 13.4 Å². The molecular weight excluding hydrogens is 294 g/mol. The molecule has 0 aliphatic heterocycles. The third-order valence-electron chi connectivity index (χ3n) is 2.81. The largest absolute Gasteiger partial charge is 0.375 e. The highest BCUT2D eigenvalue weighted by Crippen LogP contribution is 2.12. The minimum Gasteiger partial charge on any atom is -0.375 e. The third kappa shape index (κ3) is 4.29. The molecule has 1 heterocycles. The van der Waals surface area contributed by atoms with Gasteiger partial charge in [-0.2, -0.15) is 0 Å². The van der Waals surface area contributed by atoms with E-state index < -0.39 is 9.84 Å². The summed E-state index contributed by atoms with van der Waals surface area (Å²) in [7, 11) is -3.12. The molecule has 7 heteroatoms. The Balaban J connectivity index is 1.80. The normalized spacial score (nSPS) is 11.7. The smallest absolute Gasteiger partial charge is 0.180 e. The van der Waals surface area contributed by atoms with Gasteiger partial charge in [0.25, 0.3) is 0 Å².